The normalized spacial score (nSPS) is 13.8. The van der Waals surface area contributed by atoms with Gasteiger partial charge in [0.05, 0.1) is 6.54 Å². The molecule has 0 radical (unpaired) electrons. The highest BCUT2D eigenvalue weighted by Gasteiger charge is 2.23. The lowest BCUT2D eigenvalue weighted by Crippen LogP contribution is -2.40. The monoisotopic (exact) mass is 275 g/mol. The molecule has 0 saturated carbocycles. The number of fused-ring (bicyclic) bond motifs is 1. The predicted octanol–water partition coefficient (Wildman–Crippen LogP) is 1.51. The Kier molecular flexibility index (Phi) is 5.56. The van der Waals surface area contributed by atoms with Gasteiger partial charge in [-0.1, -0.05) is 32.0 Å². The first kappa shape index (κ1) is 15.0. The second-order valence-electron chi connectivity index (χ2n) is 5.13. The Morgan fingerprint density at radius 2 is 2.05 bits per heavy atom. The summed E-state index contributed by atoms with van der Waals surface area (Å²) in [5, 5.41) is 3.26. The summed E-state index contributed by atoms with van der Waals surface area (Å²) in [4.78, 5) is 16.5. The average Bonchev–Trinajstić information content (AvgIpc) is 2.91. The van der Waals surface area contributed by atoms with Crippen molar-refractivity contribution in [1.82, 2.24) is 10.2 Å². The van der Waals surface area contributed by atoms with E-state index in [0.717, 1.165) is 44.8 Å². The Morgan fingerprint density at radius 1 is 1.30 bits per heavy atom. The molecule has 1 aliphatic heterocycles. The van der Waals surface area contributed by atoms with Crippen molar-refractivity contribution in [3.63, 3.8) is 0 Å². The number of amides is 1. The minimum atomic E-state index is 0.175. The molecule has 1 amide bonds. The van der Waals surface area contributed by atoms with Gasteiger partial charge in [-0.2, -0.15) is 0 Å². The molecular weight excluding hydrogens is 250 g/mol. The summed E-state index contributed by atoms with van der Waals surface area (Å²) < 4.78 is 0. The van der Waals surface area contributed by atoms with Crippen molar-refractivity contribution in [3.05, 3.63) is 29.8 Å². The van der Waals surface area contributed by atoms with E-state index >= 15 is 0 Å². The maximum absolute atomic E-state index is 12.2. The Morgan fingerprint density at radius 3 is 2.80 bits per heavy atom. The van der Waals surface area contributed by atoms with E-state index in [4.69, 9.17) is 0 Å². The molecule has 1 N–H and O–H groups in total. The molecule has 4 nitrogen and oxygen atoms in total. The number of nitrogens with one attached hydrogen (secondary N) is 1. The topological polar surface area (TPSA) is 35.6 Å². The zero-order valence-corrected chi connectivity index (χ0v) is 12.6. The van der Waals surface area contributed by atoms with E-state index in [1.165, 1.54) is 5.56 Å². The van der Waals surface area contributed by atoms with Gasteiger partial charge in [-0.3, -0.25) is 4.79 Å². The van der Waals surface area contributed by atoms with E-state index in [1.807, 2.05) is 23.1 Å². The Labute approximate surface area is 121 Å². The fourth-order valence-electron chi connectivity index (χ4n) is 2.67. The van der Waals surface area contributed by atoms with Crippen molar-refractivity contribution in [2.75, 3.05) is 44.2 Å². The highest BCUT2D eigenvalue weighted by atomic mass is 16.2. The second kappa shape index (κ2) is 7.41. The second-order valence-corrected chi connectivity index (χ2v) is 5.13. The first-order valence-corrected chi connectivity index (χ1v) is 7.57. The molecule has 1 aromatic carbocycles. The molecule has 0 saturated heterocycles. The van der Waals surface area contributed by atoms with Gasteiger partial charge in [0.25, 0.3) is 0 Å². The molecule has 1 heterocycles. The molecule has 110 valence electrons. The number of carbonyl (C=O) groups excluding carboxylic acids is 1. The number of anilines is 1. The molecule has 2 rings (SSSR count). The predicted molar refractivity (Wildman–Crippen MR) is 83.2 cm³/mol. The maximum Gasteiger partial charge on any atom is 0.240 e. The van der Waals surface area contributed by atoms with Crippen LogP contribution in [0.25, 0.3) is 0 Å². The van der Waals surface area contributed by atoms with Crippen molar-refractivity contribution in [1.29, 1.82) is 0 Å². The van der Waals surface area contributed by atoms with Gasteiger partial charge in [-0.15, -0.1) is 0 Å². The fourth-order valence-corrected chi connectivity index (χ4v) is 2.67. The molecular formula is C16H25N3O. The maximum atomic E-state index is 12.2. The van der Waals surface area contributed by atoms with Gasteiger partial charge in [-0.05, 0) is 31.1 Å². The zero-order valence-electron chi connectivity index (χ0n) is 12.6. The Bertz CT molecular complexity index is 443. The van der Waals surface area contributed by atoms with Crippen molar-refractivity contribution in [3.8, 4) is 0 Å². The van der Waals surface area contributed by atoms with Crippen LogP contribution in [0.1, 0.15) is 19.4 Å². The van der Waals surface area contributed by atoms with Crippen LogP contribution in [0.15, 0.2) is 24.3 Å². The molecule has 1 aliphatic rings. The Balaban J connectivity index is 1.76. The van der Waals surface area contributed by atoms with Crippen LogP contribution in [-0.2, 0) is 11.2 Å². The third-order valence-corrected chi connectivity index (χ3v) is 3.96. The van der Waals surface area contributed by atoms with Gasteiger partial charge in [0.2, 0.25) is 5.91 Å². The first-order valence-electron chi connectivity index (χ1n) is 7.57. The molecule has 4 heteroatoms. The summed E-state index contributed by atoms with van der Waals surface area (Å²) in [5.41, 5.74) is 2.37. The lowest BCUT2D eigenvalue weighted by atomic mass is 10.2. The molecule has 1 aromatic rings. The third-order valence-electron chi connectivity index (χ3n) is 3.96. The van der Waals surface area contributed by atoms with E-state index < -0.39 is 0 Å². The summed E-state index contributed by atoms with van der Waals surface area (Å²) in [6.45, 7) is 9.55. The number of nitrogens with zero attached hydrogens (tertiary/aromatic N) is 2. The van der Waals surface area contributed by atoms with Crippen LogP contribution >= 0.6 is 0 Å². The summed E-state index contributed by atoms with van der Waals surface area (Å²) in [7, 11) is 0. The zero-order chi connectivity index (χ0) is 14.4. The number of hydrogen-bond acceptors (Lipinski definition) is 3. The van der Waals surface area contributed by atoms with Crippen LogP contribution in [0.5, 0.6) is 0 Å². The van der Waals surface area contributed by atoms with Crippen LogP contribution in [-0.4, -0.2) is 50.1 Å². The van der Waals surface area contributed by atoms with Gasteiger partial charge in [0, 0.05) is 25.3 Å². The van der Waals surface area contributed by atoms with E-state index in [9.17, 15) is 4.79 Å². The number of likely N-dealkylation sites (N-methyl/N-ethyl adjacent to an activating group) is 1. The molecule has 0 fully saturated rings. The molecule has 0 spiro atoms. The number of rotatable bonds is 7. The standard InChI is InChI=1S/C16H25N3O/c1-3-18(4-2)12-10-17-13-16(20)19-11-9-14-7-5-6-8-15(14)19/h5-8,17H,3-4,9-13H2,1-2H3. The molecule has 0 aliphatic carbocycles. The van der Waals surface area contributed by atoms with E-state index in [0.29, 0.717) is 6.54 Å². The molecule has 20 heavy (non-hydrogen) atoms. The lowest BCUT2D eigenvalue weighted by Gasteiger charge is -2.20. The van der Waals surface area contributed by atoms with Crippen LogP contribution < -0.4 is 10.2 Å². The molecule has 0 aromatic heterocycles. The van der Waals surface area contributed by atoms with Gasteiger partial charge in [-0.25, -0.2) is 0 Å². The van der Waals surface area contributed by atoms with Gasteiger partial charge in [0.1, 0.15) is 0 Å². The minimum absolute atomic E-state index is 0.175. The van der Waals surface area contributed by atoms with Crippen molar-refractivity contribution >= 4 is 11.6 Å². The van der Waals surface area contributed by atoms with Crippen LogP contribution in [0, 0.1) is 0 Å². The molecule has 0 atom stereocenters. The quantitative estimate of drug-likeness (QED) is 0.766. The minimum Gasteiger partial charge on any atom is -0.311 e. The van der Waals surface area contributed by atoms with Crippen molar-refractivity contribution in [2.45, 2.75) is 20.3 Å². The summed E-state index contributed by atoms with van der Waals surface area (Å²) in [6, 6.07) is 8.18. The smallest absolute Gasteiger partial charge is 0.240 e. The molecule has 0 bridgehead atoms. The molecule has 0 unspecified atom stereocenters. The van der Waals surface area contributed by atoms with Crippen LogP contribution in [0.2, 0.25) is 0 Å². The third kappa shape index (κ3) is 3.58. The number of benzene rings is 1. The first-order chi connectivity index (χ1) is 9.76. The largest absolute Gasteiger partial charge is 0.311 e. The Hall–Kier alpha value is -1.39. The van der Waals surface area contributed by atoms with Gasteiger partial charge in [0.15, 0.2) is 0 Å². The fraction of sp³-hybridized carbons (Fsp3) is 0.562. The van der Waals surface area contributed by atoms with Gasteiger partial charge >= 0.3 is 0 Å². The number of carbonyl (C=O) groups is 1. The van der Waals surface area contributed by atoms with Crippen LogP contribution in [0.4, 0.5) is 5.69 Å². The average molecular weight is 275 g/mol. The summed E-state index contributed by atoms with van der Waals surface area (Å²) in [6.07, 6.45) is 0.974. The number of para-hydroxylation sites is 1. The van der Waals surface area contributed by atoms with Crippen molar-refractivity contribution < 1.29 is 4.79 Å². The van der Waals surface area contributed by atoms with E-state index in [-0.39, 0.29) is 5.91 Å². The van der Waals surface area contributed by atoms with Crippen LogP contribution in [0.3, 0.4) is 0 Å². The summed E-state index contributed by atoms with van der Waals surface area (Å²) in [5.74, 6) is 0.175. The lowest BCUT2D eigenvalue weighted by molar-refractivity contribution is -0.117. The highest BCUT2D eigenvalue weighted by Crippen LogP contribution is 2.27. The summed E-state index contributed by atoms with van der Waals surface area (Å²) >= 11 is 0. The van der Waals surface area contributed by atoms with E-state index in [1.54, 1.807) is 0 Å². The van der Waals surface area contributed by atoms with E-state index in [2.05, 4.69) is 30.1 Å². The highest BCUT2D eigenvalue weighted by molar-refractivity contribution is 5.96. The number of hydrogen-bond donors (Lipinski definition) is 1. The SMILES string of the molecule is CCN(CC)CCNCC(=O)N1CCc2ccccc21. The van der Waals surface area contributed by atoms with Gasteiger partial charge < -0.3 is 15.1 Å². The van der Waals surface area contributed by atoms with Crippen molar-refractivity contribution in [2.24, 2.45) is 0 Å².